The lowest BCUT2D eigenvalue weighted by Crippen LogP contribution is -2.19. The van der Waals surface area contributed by atoms with Gasteiger partial charge in [0.2, 0.25) is 0 Å². The standard InChI is InChI=1S/C9H14O2/c1-10-6-11-9-5-7-2-3-8(9)4-7/h2-3,7-9H,4-6H2,1H3/t7-,8+,9+/m0/s1. The van der Waals surface area contributed by atoms with Crippen LogP contribution in [0.25, 0.3) is 0 Å². The van der Waals surface area contributed by atoms with Gasteiger partial charge >= 0.3 is 0 Å². The molecule has 0 heterocycles. The normalized spacial score (nSPS) is 40.3. The third-order valence-corrected chi connectivity index (χ3v) is 2.62. The molecule has 2 heteroatoms. The van der Waals surface area contributed by atoms with E-state index in [4.69, 9.17) is 9.47 Å². The third kappa shape index (κ3) is 1.33. The molecule has 1 saturated carbocycles. The number of fused-ring (bicyclic) bond motifs is 2. The highest BCUT2D eigenvalue weighted by Crippen LogP contribution is 2.40. The van der Waals surface area contributed by atoms with Crippen molar-refractivity contribution in [1.29, 1.82) is 0 Å². The molecule has 0 saturated heterocycles. The minimum absolute atomic E-state index is 0.435. The molecule has 2 rings (SSSR count). The SMILES string of the molecule is COCO[C@@H]1C[C@H]2C=C[C@@H]1C2. The number of ether oxygens (including phenoxy) is 2. The molecular weight excluding hydrogens is 140 g/mol. The molecule has 2 bridgehead atoms. The summed E-state index contributed by atoms with van der Waals surface area (Å²) in [6, 6.07) is 0. The molecule has 3 atom stereocenters. The predicted molar refractivity (Wildman–Crippen MR) is 42.1 cm³/mol. The van der Waals surface area contributed by atoms with E-state index < -0.39 is 0 Å². The maximum atomic E-state index is 5.51. The fourth-order valence-electron chi connectivity index (χ4n) is 2.08. The number of methoxy groups -OCH3 is 1. The minimum Gasteiger partial charge on any atom is -0.359 e. The van der Waals surface area contributed by atoms with Gasteiger partial charge in [-0.25, -0.2) is 0 Å². The van der Waals surface area contributed by atoms with Crippen LogP contribution in [0.4, 0.5) is 0 Å². The number of allylic oxidation sites excluding steroid dienone is 1. The summed E-state index contributed by atoms with van der Waals surface area (Å²) in [5, 5.41) is 0. The van der Waals surface area contributed by atoms with E-state index in [9.17, 15) is 0 Å². The Morgan fingerprint density at radius 1 is 1.36 bits per heavy atom. The molecule has 62 valence electrons. The van der Waals surface area contributed by atoms with Crippen LogP contribution in [0.2, 0.25) is 0 Å². The zero-order chi connectivity index (χ0) is 7.68. The first-order chi connectivity index (χ1) is 5.40. The molecule has 1 fully saturated rings. The molecule has 2 nitrogen and oxygen atoms in total. The third-order valence-electron chi connectivity index (χ3n) is 2.62. The molecule has 11 heavy (non-hydrogen) atoms. The zero-order valence-corrected chi connectivity index (χ0v) is 6.82. The van der Waals surface area contributed by atoms with Crippen molar-refractivity contribution in [3.63, 3.8) is 0 Å². The van der Waals surface area contributed by atoms with E-state index in [1.165, 1.54) is 12.8 Å². The van der Waals surface area contributed by atoms with E-state index in [-0.39, 0.29) is 0 Å². The molecule has 0 aromatic carbocycles. The Kier molecular flexibility index (Phi) is 1.96. The van der Waals surface area contributed by atoms with Crippen LogP contribution < -0.4 is 0 Å². The summed E-state index contributed by atoms with van der Waals surface area (Å²) in [4.78, 5) is 0. The zero-order valence-electron chi connectivity index (χ0n) is 6.82. The van der Waals surface area contributed by atoms with Gasteiger partial charge in [-0.05, 0) is 18.8 Å². The first-order valence-electron chi connectivity index (χ1n) is 4.19. The topological polar surface area (TPSA) is 18.5 Å². The van der Waals surface area contributed by atoms with Gasteiger partial charge < -0.3 is 9.47 Å². The van der Waals surface area contributed by atoms with Gasteiger partial charge in [0.05, 0.1) is 6.10 Å². The van der Waals surface area contributed by atoms with Crippen molar-refractivity contribution >= 4 is 0 Å². The lowest BCUT2D eigenvalue weighted by Gasteiger charge is -2.17. The van der Waals surface area contributed by atoms with Crippen LogP contribution >= 0.6 is 0 Å². The quantitative estimate of drug-likeness (QED) is 0.454. The van der Waals surface area contributed by atoms with Gasteiger partial charge in [0.15, 0.2) is 0 Å². The summed E-state index contributed by atoms with van der Waals surface area (Å²) in [7, 11) is 1.67. The second-order valence-corrected chi connectivity index (χ2v) is 3.39. The van der Waals surface area contributed by atoms with Gasteiger partial charge in [-0.1, -0.05) is 12.2 Å². The van der Waals surface area contributed by atoms with Crippen LogP contribution in [0.15, 0.2) is 12.2 Å². The fraction of sp³-hybridized carbons (Fsp3) is 0.778. The summed E-state index contributed by atoms with van der Waals surface area (Å²) < 4.78 is 10.4. The van der Waals surface area contributed by atoms with E-state index in [0.717, 1.165) is 5.92 Å². The number of hydrogen-bond donors (Lipinski definition) is 0. The largest absolute Gasteiger partial charge is 0.359 e. The van der Waals surface area contributed by atoms with Crippen LogP contribution in [0.3, 0.4) is 0 Å². The molecule has 0 aromatic heterocycles. The molecule has 0 radical (unpaired) electrons. The summed E-state index contributed by atoms with van der Waals surface area (Å²) in [6.07, 6.45) is 7.54. The Bertz CT molecular complexity index is 165. The molecule has 0 unspecified atom stereocenters. The van der Waals surface area contributed by atoms with E-state index in [0.29, 0.717) is 18.8 Å². The Balaban J connectivity index is 1.84. The highest BCUT2D eigenvalue weighted by atomic mass is 16.7. The van der Waals surface area contributed by atoms with Crippen molar-refractivity contribution in [2.45, 2.75) is 18.9 Å². The Morgan fingerprint density at radius 3 is 2.82 bits per heavy atom. The summed E-state index contributed by atoms with van der Waals surface area (Å²) >= 11 is 0. The van der Waals surface area contributed by atoms with Gasteiger partial charge in [-0.2, -0.15) is 0 Å². The average molecular weight is 154 g/mol. The van der Waals surface area contributed by atoms with Crippen LogP contribution in [-0.2, 0) is 9.47 Å². The van der Waals surface area contributed by atoms with Crippen LogP contribution in [-0.4, -0.2) is 20.0 Å². The van der Waals surface area contributed by atoms with Crippen molar-refractivity contribution in [2.24, 2.45) is 11.8 Å². The summed E-state index contributed by atoms with van der Waals surface area (Å²) in [5.74, 6) is 1.47. The van der Waals surface area contributed by atoms with E-state index in [2.05, 4.69) is 12.2 Å². The number of hydrogen-bond acceptors (Lipinski definition) is 2. The van der Waals surface area contributed by atoms with Gasteiger partial charge in [-0.3, -0.25) is 0 Å². The smallest absolute Gasteiger partial charge is 0.146 e. The second-order valence-electron chi connectivity index (χ2n) is 3.39. The highest BCUT2D eigenvalue weighted by molar-refractivity contribution is 5.10. The molecular formula is C9H14O2. The van der Waals surface area contributed by atoms with E-state index >= 15 is 0 Å². The minimum atomic E-state index is 0.435. The molecule has 0 amide bonds. The first-order valence-corrected chi connectivity index (χ1v) is 4.19. The van der Waals surface area contributed by atoms with Crippen LogP contribution in [0.1, 0.15) is 12.8 Å². The molecule has 0 aromatic rings. The average Bonchev–Trinajstić information content (AvgIpc) is 2.60. The van der Waals surface area contributed by atoms with Crippen molar-refractivity contribution in [1.82, 2.24) is 0 Å². The lowest BCUT2D eigenvalue weighted by atomic mass is 10.1. The lowest BCUT2D eigenvalue weighted by molar-refractivity contribution is -0.0792. The molecule has 0 aliphatic heterocycles. The van der Waals surface area contributed by atoms with Crippen LogP contribution in [0, 0.1) is 11.8 Å². The Morgan fingerprint density at radius 2 is 2.27 bits per heavy atom. The highest BCUT2D eigenvalue weighted by Gasteiger charge is 2.36. The molecule has 0 spiro atoms. The van der Waals surface area contributed by atoms with Crippen molar-refractivity contribution in [3.05, 3.63) is 12.2 Å². The monoisotopic (exact) mass is 154 g/mol. The number of rotatable bonds is 3. The van der Waals surface area contributed by atoms with Gasteiger partial charge in [-0.15, -0.1) is 0 Å². The predicted octanol–water partition coefficient (Wildman–Crippen LogP) is 1.57. The van der Waals surface area contributed by atoms with E-state index in [1.54, 1.807) is 7.11 Å². The Hall–Kier alpha value is -0.340. The molecule has 2 aliphatic carbocycles. The van der Waals surface area contributed by atoms with Crippen molar-refractivity contribution in [3.8, 4) is 0 Å². The first kappa shape index (κ1) is 7.32. The van der Waals surface area contributed by atoms with Crippen molar-refractivity contribution < 1.29 is 9.47 Å². The van der Waals surface area contributed by atoms with Crippen LogP contribution in [0.5, 0.6) is 0 Å². The molecule has 0 N–H and O–H groups in total. The van der Waals surface area contributed by atoms with Crippen molar-refractivity contribution in [2.75, 3.05) is 13.9 Å². The van der Waals surface area contributed by atoms with E-state index in [1.807, 2.05) is 0 Å². The van der Waals surface area contributed by atoms with Gasteiger partial charge in [0.1, 0.15) is 6.79 Å². The maximum Gasteiger partial charge on any atom is 0.146 e. The second kappa shape index (κ2) is 2.95. The summed E-state index contributed by atoms with van der Waals surface area (Å²) in [5.41, 5.74) is 0. The Labute approximate surface area is 67.2 Å². The summed E-state index contributed by atoms with van der Waals surface area (Å²) in [6.45, 7) is 0.446. The molecule has 2 aliphatic rings. The maximum absolute atomic E-state index is 5.51. The fourth-order valence-corrected chi connectivity index (χ4v) is 2.08. The van der Waals surface area contributed by atoms with Gasteiger partial charge in [0, 0.05) is 13.0 Å². The van der Waals surface area contributed by atoms with Gasteiger partial charge in [0.25, 0.3) is 0 Å².